The predicted octanol–water partition coefficient (Wildman–Crippen LogP) is 1.66. The molecule has 1 aromatic rings. The maximum absolute atomic E-state index is 4.33. The van der Waals surface area contributed by atoms with Crippen molar-refractivity contribution >= 4 is 11.8 Å². The van der Waals surface area contributed by atoms with E-state index in [9.17, 15) is 0 Å². The highest BCUT2D eigenvalue weighted by molar-refractivity contribution is 5.38. The topological polar surface area (TPSA) is 53.1 Å². The summed E-state index contributed by atoms with van der Waals surface area (Å²) < 4.78 is 0. The molecule has 0 aliphatic carbocycles. The van der Waals surface area contributed by atoms with Gasteiger partial charge < -0.3 is 15.5 Å². The van der Waals surface area contributed by atoms with E-state index in [2.05, 4.69) is 46.5 Å². The Morgan fingerprint density at radius 3 is 2.76 bits per heavy atom. The van der Waals surface area contributed by atoms with Crippen molar-refractivity contribution in [3.05, 3.63) is 12.3 Å². The Morgan fingerprint density at radius 1 is 1.41 bits per heavy atom. The third-order valence-electron chi connectivity index (χ3n) is 2.76. The number of aromatic nitrogens is 2. The first-order valence-corrected chi connectivity index (χ1v) is 6.08. The lowest BCUT2D eigenvalue weighted by molar-refractivity contribution is 0.288. The lowest BCUT2D eigenvalue weighted by atomic mass is 10.1. The monoisotopic (exact) mass is 237 g/mol. The molecule has 0 spiro atoms. The molecule has 1 aromatic heterocycles. The molecule has 96 valence electrons. The molecule has 0 bridgehead atoms. The van der Waals surface area contributed by atoms with Gasteiger partial charge in [0, 0.05) is 25.8 Å². The van der Waals surface area contributed by atoms with E-state index in [1.165, 1.54) is 12.8 Å². The van der Waals surface area contributed by atoms with Crippen molar-refractivity contribution in [3.63, 3.8) is 0 Å². The summed E-state index contributed by atoms with van der Waals surface area (Å²) in [6, 6.07) is 2.36. The Balaban J connectivity index is 2.52. The number of likely N-dealkylation sites (N-methyl/N-ethyl adjacent to an activating group) is 1. The van der Waals surface area contributed by atoms with Crippen LogP contribution in [0.2, 0.25) is 0 Å². The zero-order valence-electron chi connectivity index (χ0n) is 11.2. The summed E-state index contributed by atoms with van der Waals surface area (Å²) in [7, 11) is 6.06. The molecule has 1 atom stereocenters. The Labute approximate surface area is 104 Å². The van der Waals surface area contributed by atoms with Gasteiger partial charge in [0.25, 0.3) is 0 Å². The van der Waals surface area contributed by atoms with Gasteiger partial charge in [0.1, 0.15) is 5.82 Å². The van der Waals surface area contributed by atoms with Crippen LogP contribution in [0, 0.1) is 0 Å². The van der Waals surface area contributed by atoms with E-state index in [4.69, 9.17) is 0 Å². The van der Waals surface area contributed by atoms with Gasteiger partial charge in [0.05, 0.1) is 0 Å². The molecule has 0 aliphatic heterocycles. The molecule has 2 N–H and O–H groups in total. The van der Waals surface area contributed by atoms with E-state index in [0.29, 0.717) is 12.0 Å². The molecule has 5 nitrogen and oxygen atoms in total. The largest absolute Gasteiger partial charge is 0.373 e. The van der Waals surface area contributed by atoms with Crippen molar-refractivity contribution < 1.29 is 0 Å². The number of hydrogen-bond acceptors (Lipinski definition) is 5. The second-order valence-corrected chi connectivity index (χ2v) is 4.30. The number of hydrogen-bond donors (Lipinski definition) is 2. The summed E-state index contributed by atoms with van der Waals surface area (Å²) >= 11 is 0. The number of anilines is 2. The molecule has 0 aliphatic rings. The zero-order valence-corrected chi connectivity index (χ0v) is 11.2. The Hall–Kier alpha value is -1.36. The third-order valence-corrected chi connectivity index (χ3v) is 2.76. The van der Waals surface area contributed by atoms with Crippen molar-refractivity contribution in [1.29, 1.82) is 0 Å². The van der Waals surface area contributed by atoms with Crippen LogP contribution in [-0.2, 0) is 0 Å². The van der Waals surface area contributed by atoms with Crippen LogP contribution in [0.25, 0.3) is 0 Å². The Morgan fingerprint density at radius 2 is 2.18 bits per heavy atom. The van der Waals surface area contributed by atoms with Crippen molar-refractivity contribution in [2.45, 2.75) is 25.8 Å². The van der Waals surface area contributed by atoms with Gasteiger partial charge in [0.2, 0.25) is 5.95 Å². The van der Waals surface area contributed by atoms with Crippen molar-refractivity contribution in [3.8, 4) is 0 Å². The van der Waals surface area contributed by atoms with Crippen LogP contribution in [0.4, 0.5) is 11.8 Å². The number of nitrogens with zero attached hydrogens (tertiary/aromatic N) is 3. The third kappa shape index (κ3) is 4.56. The second-order valence-electron chi connectivity index (χ2n) is 4.30. The van der Waals surface area contributed by atoms with Crippen LogP contribution in [-0.4, -0.2) is 48.6 Å². The lowest BCUT2D eigenvalue weighted by Gasteiger charge is -2.24. The molecule has 1 heterocycles. The fourth-order valence-electron chi connectivity index (χ4n) is 1.67. The molecule has 0 aromatic carbocycles. The van der Waals surface area contributed by atoms with E-state index in [-0.39, 0.29) is 0 Å². The van der Waals surface area contributed by atoms with E-state index >= 15 is 0 Å². The fourth-order valence-corrected chi connectivity index (χ4v) is 1.67. The van der Waals surface area contributed by atoms with Crippen LogP contribution in [0.15, 0.2) is 12.3 Å². The van der Waals surface area contributed by atoms with E-state index in [1.807, 2.05) is 13.1 Å². The van der Waals surface area contributed by atoms with Crippen molar-refractivity contribution in [2.24, 2.45) is 0 Å². The zero-order chi connectivity index (χ0) is 12.7. The van der Waals surface area contributed by atoms with E-state index in [0.717, 1.165) is 12.4 Å². The van der Waals surface area contributed by atoms with Gasteiger partial charge >= 0.3 is 0 Å². The van der Waals surface area contributed by atoms with Crippen LogP contribution in [0.1, 0.15) is 19.8 Å². The summed E-state index contributed by atoms with van der Waals surface area (Å²) in [5.41, 5.74) is 0. The average molecular weight is 237 g/mol. The van der Waals surface area contributed by atoms with Crippen LogP contribution in [0.3, 0.4) is 0 Å². The maximum Gasteiger partial charge on any atom is 0.224 e. The van der Waals surface area contributed by atoms with Crippen LogP contribution in [0.5, 0.6) is 0 Å². The highest BCUT2D eigenvalue weighted by Gasteiger charge is 2.10. The molecule has 17 heavy (non-hydrogen) atoms. The standard InChI is InChI=1S/C12H23N5/c1-5-6-10(17(3)4)9-15-12-14-8-7-11(13-2)16-12/h7-8,10H,5-6,9H2,1-4H3,(H2,13,14,15,16). The van der Waals surface area contributed by atoms with Crippen molar-refractivity contribution in [2.75, 3.05) is 38.3 Å². The average Bonchev–Trinajstić information content (AvgIpc) is 2.34. The minimum Gasteiger partial charge on any atom is -0.373 e. The molecular weight excluding hydrogens is 214 g/mol. The van der Waals surface area contributed by atoms with Gasteiger partial charge in [-0.1, -0.05) is 13.3 Å². The van der Waals surface area contributed by atoms with Crippen LogP contribution >= 0.6 is 0 Å². The molecule has 0 saturated heterocycles. The molecule has 0 radical (unpaired) electrons. The highest BCUT2D eigenvalue weighted by atomic mass is 15.2. The van der Waals surface area contributed by atoms with Gasteiger partial charge in [-0.3, -0.25) is 0 Å². The molecular formula is C12H23N5. The SMILES string of the molecule is CCCC(CNc1nccc(NC)n1)N(C)C. The second kappa shape index (κ2) is 7.06. The molecule has 0 amide bonds. The minimum absolute atomic E-state index is 0.516. The fraction of sp³-hybridized carbons (Fsp3) is 0.667. The van der Waals surface area contributed by atoms with E-state index in [1.54, 1.807) is 6.20 Å². The van der Waals surface area contributed by atoms with Gasteiger partial charge in [-0.15, -0.1) is 0 Å². The van der Waals surface area contributed by atoms with Gasteiger partial charge in [-0.2, -0.15) is 4.98 Å². The summed E-state index contributed by atoms with van der Waals surface area (Å²) in [6.07, 6.45) is 4.11. The summed E-state index contributed by atoms with van der Waals surface area (Å²) in [5, 5.41) is 6.28. The first-order valence-electron chi connectivity index (χ1n) is 6.08. The Bertz CT molecular complexity index is 326. The minimum atomic E-state index is 0.516. The summed E-state index contributed by atoms with van der Waals surface area (Å²) in [6.45, 7) is 3.07. The first-order chi connectivity index (χ1) is 8.17. The maximum atomic E-state index is 4.33. The quantitative estimate of drug-likeness (QED) is 0.755. The molecule has 0 saturated carbocycles. The van der Waals surface area contributed by atoms with Crippen molar-refractivity contribution in [1.82, 2.24) is 14.9 Å². The lowest BCUT2D eigenvalue weighted by Crippen LogP contribution is -2.34. The molecule has 1 rings (SSSR count). The normalized spacial score (nSPS) is 12.5. The van der Waals surface area contributed by atoms with Gasteiger partial charge in [-0.25, -0.2) is 4.98 Å². The summed E-state index contributed by atoms with van der Waals surface area (Å²) in [4.78, 5) is 10.8. The van der Waals surface area contributed by atoms with E-state index < -0.39 is 0 Å². The Kier molecular flexibility index (Phi) is 5.69. The van der Waals surface area contributed by atoms with Gasteiger partial charge in [0.15, 0.2) is 0 Å². The number of nitrogens with one attached hydrogen (secondary N) is 2. The predicted molar refractivity (Wildman–Crippen MR) is 72.5 cm³/mol. The first kappa shape index (κ1) is 13.7. The molecule has 0 fully saturated rings. The number of rotatable bonds is 7. The highest BCUT2D eigenvalue weighted by Crippen LogP contribution is 2.07. The van der Waals surface area contributed by atoms with Gasteiger partial charge in [-0.05, 0) is 26.6 Å². The van der Waals surface area contributed by atoms with Crippen LogP contribution < -0.4 is 10.6 Å². The summed E-state index contributed by atoms with van der Waals surface area (Å²) in [5.74, 6) is 1.51. The molecule has 5 heteroatoms. The smallest absolute Gasteiger partial charge is 0.224 e. The molecule has 1 unspecified atom stereocenters.